The summed E-state index contributed by atoms with van der Waals surface area (Å²) >= 11 is 0. The summed E-state index contributed by atoms with van der Waals surface area (Å²) in [5.41, 5.74) is 2.45. The largest absolute Gasteiger partial charge is 0.477 e. The number of rotatable bonds is 10. The van der Waals surface area contributed by atoms with Gasteiger partial charge in [0.25, 0.3) is 0 Å². The van der Waals surface area contributed by atoms with E-state index >= 15 is 0 Å². The average molecular weight is 409 g/mol. The smallest absolute Gasteiger partial charge is 0.344 e. The van der Waals surface area contributed by atoms with Crippen LogP contribution in [0, 0.1) is 6.92 Å². The van der Waals surface area contributed by atoms with Crippen LogP contribution < -0.4 is 10.4 Å². The fraction of sp³-hybridized carbons (Fsp3) is 0.375. The van der Waals surface area contributed by atoms with Crippen LogP contribution in [0.25, 0.3) is 22.1 Å². The van der Waals surface area contributed by atoms with Crippen molar-refractivity contribution in [3.8, 4) is 17.0 Å². The number of nitrogens with zero attached hydrogens (tertiary/aromatic N) is 1. The molecule has 0 saturated heterocycles. The van der Waals surface area contributed by atoms with Crippen LogP contribution in [0.3, 0.4) is 0 Å². The van der Waals surface area contributed by atoms with E-state index in [-0.39, 0.29) is 11.6 Å². The van der Waals surface area contributed by atoms with Gasteiger partial charge in [0.1, 0.15) is 5.58 Å². The van der Waals surface area contributed by atoms with Crippen molar-refractivity contribution in [1.29, 1.82) is 0 Å². The highest BCUT2D eigenvalue weighted by atomic mass is 16.5. The van der Waals surface area contributed by atoms with E-state index in [4.69, 9.17) is 13.9 Å². The lowest BCUT2D eigenvalue weighted by Gasteiger charge is -2.09. The van der Waals surface area contributed by atoms with Gasteiger partial charge in [0.15, 0.2) is 0 Å². The molecule has 158 valence electrons. The van der Waals surface area contributed by atoms with E-state index in [2.05, 4.69) is 4.98 Å². The third-order valence-corrected chi connectivity index (χ3v) is 4.78. The Morgan fingerprint density at radius 2 is 1.87 bits per heavy atom. The first-order valence-corrected chi connectivity index (χ1v) is 10.4. The van der Waals surface area contributed by atoms with Crippen molar-refractivity contribution in [2.45, 2.75) is 46.0 Å². The van der Waals surface area contributed by atoms with Gasteiger partial charge in [0.05, 0.1) is 24.2 Å². The summed E-state index contributed by atoms with van der Waals surface area (Å²) in [5, 5.41) is 0.681. The quantitative estimate of drug-likeness (QED) is 0.344. The molecule has 2 heterocycles. The van der Waals surface area contributed by atoms with Crippen LogP contribution in [0.1, 0.15) is 44.6 Å². The lowest BCUT2D eigenvalue weighted by molar-refractivity contribution is -0.143. The Morgan fingerprint density at radius 3 is 2.63 bits per heavy atom. The van der Waals surface area contributed by atoms with Crippen LogP contribution in [-0.4, -0.2) is 24.2 Å². The van der Waals surface area contributed by atoms with Crippen molar-refractivity contribution in [3.05, 3.63) is 58.6 Å². The molecule has 0 amide bonds. The third-order valence-electron chi connectivity index (χ3n) is 4.78. The Hall–Kier alpha value is -3.15. The number of hydrogen-bond donors (Lipinski definition) is 0. The van der Waals surface area contributed by atoms with Gasteiger partial charge in [-0.15, -0.1) is 0 Å². The second-order valence-corrected chi connectivity index (χ2v) is 7.18. The summed E-state index contributed by atoms with van der Waals surface area (Å²) < 4.78 is 16.5. The molecule has 0 aliphatic rings. The SMILES string of the molecule is CCC(=O)OCCCCCCOc1nccc2oc(=O)c(-c3cccc(C)c3)cc12. The first-order valence-electron chi connectivity index (χ1n) is 10.4. The molecule has 0 atom stereocenters. The standard InChI is InChI=1S/C24H27NO5/c1-3-22(26)28-13-6-4-5-7-14-29-23-20-16-19(18-10-8-9-17(2)15-18)24(27)30-21(20)11-12-25-23/h8-12,15-16H,3-7,13-14H2,1-2H3. The van der Waals surface area contributed by atoms with E-state index in [1.807, 2.05) is 31.2 Å². The number of fused-ring (bicyclic) bond motifs is 1. The molecular formula is C24H27NO5. The van der Waals surface area contributed by atoms with Crippen molar-refractivity contribution in [3.63, 3.8) is 0 Å². The number of carbonyl (C=O) groups is 1. The topological polar surface area (TPSA) is 78.6 Å². The molecule has 0 bridgehead atoms. The molecule has 0 aliphatic carbocycles. The molecule has 0 N–H and O–H groups in total. The van der Waals surface area contributed by atoms with Crippen LogP contribution in [-0.2, 0) is 9.53 Å². The molecule has 30 heavy (non-hydrogen) atoms. The molecule has 3 aromatic rings. The lowest BCUT2D eigenvalue weighted by Crippen LogP contribution is -2.05. The van der Waals surface area contributed by atoms with E-state index in [0.717, 1.165) is 36.8 Å². The van der Waals surface area contributed by atoms with E-state index in [9.17, 15) is 9.59 Å². The van der Waals surface area contributed by atoms with Crippen molar-refractivity contribution < 1.29 is 18.7 Å². The summed E-state index contributed by atoms with van der Waals surface area (Å²) in [4.78, 5) is 27.9. The zero-order valence-electron chi connectivity index (χ0n) is 17.5. The van der Waals surface area contributed by atoms with Gasteiger partial charge in [-0.3, -0.25) is 4.79 Å². The molecule has 3 rings (SSSR count). The van der Waals surface area contributed by atoms with E-state index in [1.165, 1.54) is 0 Å². The second-order valence-electron chi connectivity index (χ2n) is 7.18. The monoisotopic (exact) mass is 409 g/mol. The predicted octanol–water partition coefficient (Wildman–Crippen LogP) is 5.06. The molecular weight excluding hydrogens is 382 g/mol. The number of esters is 1. The molecule has 0 unspecified atom stereocenters. The van der Waals surface area contributed by atoms with Gasteiger partial charge in [-0.25, -0.2) is 9.78 Å². The summed E-state index contributed by atoms with van der Waals surface area (Å²) in [5.74, 6) is 0.305. The molecule has 6 nitrogen and oxygen atoms in total. The molecule has 0 spiro atoms. The predicted molar refractivity (Wildman–Crippen MR) is 116 cm³/mol. The van der Waals surface area contributed by atoms with Crippen molar-refractivity contribution >= 4 is 16.9 Å². The Bertz CT molecular complexity index is 1060. The summed E-state index contributed by atoms with van der Waals surface area (Å²) in [7, 11) is 0. The summed E-state index contributed by atoms with van der Waals surface area (Å²) in [6, 6.07) is 11.2. The minimum absolute atomic E-state index is 0.156. The highest BCUT2D eigenvalue weighted by molar-refractivity contribution is 5.85. The number of ether oxygens (including phenoxy) is 2. The number of unbranched alkanes of at least 4 members (excludes halogenated alkanes) is 3. The summed E-state index contributed by atoms with van der Waals surface area (Å²) in [6.07, 6.45) is 5.64. The minimum atomic E-state index is -0.381. The Kier molecular flexibility index (Phi) is 7.60. The Balaban J connectivity index is 1.62. The summed E-state index contributed by atoms with van der Waals surface area (Å²) in [6.45, 7) is 4.75. The Morgan fingerprint density at radius 1 is 1.07 bits per heavy atom. The van der Waals surface area contributed by atoms with Crippen LogP contribution in [0.5, 0.6) is 5.88 Å². The van der Waals surface area contributed by atoms with Crippen LogP contribution in [0.4, 0.5) is 0 Å². The molecule has 0 fully saturated rings. The van der Waals surface area contributed by atoms with Crippen LogP contribution >= 0.6 is 0 Å². The number of aromatic nitrogens is 1. The highest BCUT2D eigenvalue weighted by Gasteiger charge is 2.12. The molecule has 0 radical (unpaired) electrons. The van der Waals surface area contributed by atoms with Gasteiger partial charge >= 0.3 is 11.6 Å². The van der Waals surface area contributed by atoms with Gasteiger partial charge in [-0.05, 0) is 44.2 Å². The minimum Gasteiger partial charge on any atom is -0.477 e. The number of benzene rings is 1. The molecule has 1 aromatic carbocycles. The van der Waals surface area contributed by atoms with Crippen LogP contribution in [0.2, 0.25) is 0 Å². The average Bonchev–Trinajstić information content (AvgIpc) is 2.74. The fourth-order valence-corrected chi connectivity index (χ4v) is 3.16. The van der Waals surface area contributed by atoms with E-state index in [1.54, 1.807) is 25.3 Å². The first kappa shape index (κ1) is 21.6. The zero-order chi connectivity index (χ0) is 21.3. The van der Waals surface area contributed by atoms with Gasteiger partial charge in [-0.1, -0.05) is 36.8 Å². The van der Waals surface area contributed by atoms with Crippen LogP contribution in [0.15, 0.2) is 51.8 Å². The number of pyridine rings is 1. The van der Waals surface area contributed by atoms with Gasteiger partial charge < -0.3 is 13.9 Å². The van der Waals surface area contributed by atoms with Crippen molar-refractivity contribution in [1.82, 2.24) is 4.98 Å². The molecule has 2 aromatic heterocycles. The van der Waals surface area contributed by atoms with Crippen molar-refractivity contribution in [2.75, 3.05) is 13.2 Å². The Labute approximate surface area is 175 Å². The van der Waals surface area contributed by atoms with Gasteiger partial charge in [-0.2, -0.15) is 0 Å². The van der Waals surface area contributed by atoms with Gasteiger partial charge in [0, 0.05) is 18.7 Å². The maximum Gasteiger partial charge on any atom is 0.344 e. The number of aryl methyl sites for hydroxylation is 1. The van der Waals surface area contributed by atoms with E-state index < -0.39 is 0 Å². The maximum absolute atomic E-state index is 12.4. The normalized spacial score (nSPS) is 10.9. The maximum atomic E-state index is 12.4. The van der Waals surface area contributed by atoms with Gasteiger partial charge in [0.2, 0.25) is 5.88 Å². The van der Waals surface area contributed by atoms with Crippen molar-refractivity contribution in [2.24, 2.45) is 0 Å². The highest BCUT2D eigenvalue weighted by Crippen LogP contribution is 2.27. The number of hydrogen-bond acceptors (Lipinski definition) is 6. The third kappa shape index (κ3) is 5.69. The molecule has 0 saturated carbocycles. The van der Waals surface area contributed by atoms with E-state index in [0.29, 0.717) is 42.0 Å². The number of carbonyl (C=O) groups excluding carboxylic acids is 1. The first-order chi connectivity index (χ1) is 14.6. The lowest BCUT2D eigenvalue weighted by atomic mass is 10.0. The fourth-order valence-electron chi connectivity index (χ4n) is 3.16. The zero-order valence-corrected chi connectivity index (χ0v) is 17.5. The second kappa shape index (κ2) is 10.6. The molecule has 6 heteroatoms. The molecule has 0 aliphatic heterocycles.